The Labute approximate surface area is 151 Å². The summed E-state index contributed by atoms with van der Waals surface area (Å²) in [6.07, 6.45) is 8.84. The molecule has 0 radical (unpaired) electrons. The maximum Gasteiger partial charge on any atom is 0.0438 e. The van der Waals surface area contributed by atoms with Gasteiger partial charge in [0.05, 0.1) is 0 Å². The molecular formula is C21H30N4. The van der Waals surface area contributed by atoms with Crippen LogP contribution in [0.15, 0.2) is 48.8 Å². The SMILES string of the molecule is CN(c1ccncc1)c1ccc(CNC2CCC(N(C)C)CC2)cc1. The molecule has 25 heavy (non-hydrogen) atoms. The number of hydrogen-bond acceptors (Lipinski definition) is 4. The maximum absolute atomic E-state index is 4.08. The smallest absolute Gasteiger partial charge is 0.0438 e. The van der Waals surface area contributed by atoms with Crippen LogP contribution < -0.4 is 10.2 Å². The molecule has 0 bridgehead atoms. The topological polar surface area (TPSA) is 31.4 Å². The molecule has 1 fully saturated rings. The third kappa shape index (κ3) is 4.80. The first kappa shape index (κ1) is 17.9. The molecule has 1 aliphatic rings. The fourth-order valence-corrected chi connectivity index (χ4v) is 3.61. The monoisotopic (exact) mass is 338 g/mol. The minimum absolute atomic E-state index is 0.662. The second-order valence-electron chi connectivity index (χ2n) is 7.28. The van der Waals surface area contributed by atoms with Crippen molar-refractivity contribution < 1.29 is 0 Å². The highest BCUT2D eigenvalue weighted by Crippen LogP contribution is 2.24. The zero-order valence-corrected chi connectivity index (χ0v) is 15.7. The standard InChI is InChI=1S/C21H30N4/c1-24(2)19-10-6-18(7-11-19)23-16-17-4-8-20(9-5-17)25(3)21-12-14-22-15-13-21/h4-5,8-9,12-15,18-19,23H,6-7,10-11,16H2,1-3H3. The minimum Gasteiger partial charge on any atom is -0.345 e. The van der Waals surface area contributed by atoms with Crippen LogP contribution >= 0.6 is 0 Å². The van der Waals surface area contributed by atoms with Gasteiger partial charge in [-0.1, -0.05) is 12.1 Å². The van der Waals surface area contributed by atoms with Gasteiger partial charge in [0.1, 0.15) is 0 Å². The van der Waals surface area contributed by atoms with Crippen LogP contribution in [0.2, 0.25) is 0 Å². The van der Waals surface area contributed by atoms with Gasteiger partial charge in [0.2, 0.25) is 0 Å². The van der Waals surface area contributed by atoms with Crippen LogP contribution in [0.5, 0.6) is 0 Å². The molecule has 134 valence electrons. The lowest BCUT2D eigenvalue weighted by molar-refractivity contribution is 0.204. The van der Waals surface area contributed by atoms with Crippen LogP contribution in [-0.4, -0.2) is 43.1 Å². The van der Waals surface area contributed by atoms with Gasteiger partial charge in [-0.2, -0.15) is 0 Å². The highest BCUT2D eigenvalue weighted by atomic mass is 15.1. The quantitative estimate of drug-likeness (QED) is 0.868. The second-order valence-corrected chi connectivity index (χ2v) is 7.28. The van der Waals surface area contributed by atoms with Gasteiger partial charge in [-0.15, -0.1) is 0 Å². The first-order chi connectivity index (χ1) is 12.1. The van der Waals surface area contributed by atoms with Crippen molar-refractivity contribution in [3.8, 4) is 0 Å². The van der Waals surface area contributed by atoms with Crippen LogP contribution in [0.3, 0.4) is 0 Å². The van der Waals surface area contributed by atoms with Gasteiger partial charge < -0.3 is 15.1 Å². The number of aromatic nitrogens is 1. The molecular weight excluding hydrogens is 308 g/mol. The van der Waals surface area contributed by atoms with Crippen molar-refractivity contribution in [3.05, 3.63) is 54.4 Å². The molecule has 1 N–H and O–H groups in total. The van der Waals surface area contributed by atoms with Crippen molar-refractivity contribution in [2.45, 2.75) is 44.3 Å². The Bertz CT molecular complexity index is 631. The molecule has 0 atom stereocenters. The summed E-state index contributed by atoms with van der Waals surface area (Å²) in [7, 11) is 6.48. The fourth-order valence-electron chi connectivity index (χ4n) is 3.61. The maximum atomic E-state index is 4.08. The Balaban J connectivity index is 1.50. The number of anilines is 2. The molecule has 3 rings (SSSR count). The highest BCUT2D eigenvalue weighted by molar-refractivity contribution is 5.61. The highest BCUT2D eigenvalue weighted by Gasteiger charge is 2.21. The minimum atomic E-state index is 0.662. The molecule has 0 amide bonds. The van der Waals surface area contributed by atoms with Crippen molar-refractivity contribution in [1.82, 2.24) is 15.2 Å². The van der Waals surface area contributed by atoms with E-state index in [1.165, 1.54) is 36.9 Å². The zero-order valence-electron chi connectivity index (χ0n) is 15.7. The summed E-state index contributed by atoms with van der Waals surface area (Å²) in [5.41, 5.74) is 3.70. The first-order valence-electron chi connectivity index (χ1n) is 9.26. The third-order valence-electron chi connectivity index (χ3n) is 5.40. The molecule has 0 spiro atoms. The number of rotatable bonds is 6. The molecule has 1 aromatic heterocycles. The van der Waals surface area contributed by atoms with Gasteiger partial charge in [-0.25, -0.2) is 0 Å². The summed E-state index contributed by atoms with van der Waals surface area (Å²) < 4.78 is 0. The van der Waals surface area contributed by atoms with E-state index < -0.39 is 0 Å². The molecule has 0 unspecified atom stereocenters. The summed E-state index contributed by atoms with van der Waals surface area (Å²) in [5, 5.41) is 3.74. The van der Waals surface area contributed by atoms with Crippen LogP contribution in [0, 0.1) is 0 Å². The zero-order chi connectivity index (χ0) is 17.6. The Morgan fingerprint density at radius 1 is 0.880 bits per heavy atom. The lowest BCUT2D eigenvalue weighted by Gasteiger charge is -2.33. The van der Waals surface area contributed by atoms with E-state index in [2.05, 4.69) is 65.5 Å². The van der Waals surface area contributed by atoms with Gasteiger partial charge in [-0.05, 0) is 69.6 Å². The van der Waals surface area contributed by atoms with Gasteiger partial charge in [-0.3, -0.25) is 4.98 Å². The molecule has 4 heteroatoms. The number of benzene rings is 1. The van der Waals surface area contributed by atoms with Gasteiger partial charge >= 0.3 is 0 Å². The van der Waals surface area contributed by atoms with E-state index in [1.54, 1.807) is 0 Å². The van der Waals surface area contributed by atoms with E-state index in [4.69, 9.17) is 0 Å². The van der Waals surface area contributed by atoms with Crippen molar-refractivity contribution in [2.75, 3.05) is 26.0 Å². The lowest BCUT2D eigenvalue weighted by atomic mass is 9.90. The summed E-state index contributed by atoms with van der Waals surface area (Å²) >= 11 is 0. The Morgan fingerprint density at radius 2 is 1.48 bits per heavy atom. The van der Waals surface area contributed by atoms with Gasteiger partial charge in [0.25, 0.3) is 0 Å². The second kappa shape index (κ2) is 8.45. The Morgan fingerprint density at radius 3 is 2.08 bits per heavy atom. The van der Waals surface area contributed by atoms with E-state index in [-0.39, 0.29) is 0 Å². The molecule has 4 nitrogen and oxygen atoms in total. The molecule has 0 aliphatic heterocycles. The van der Waals surface area contributed by atoms with E-state index in [9.17, 15) is 0 Å². The van der Waals surface area contributed by atoms with Crippen LogP contribution in [0.25, 0.3) is 0 Å². The molecule has 1 heterocycles. The van der Waals surface area contributed by atoms with Crippen molar-refractivity contribution >= 4 is 11.4 Å². The van der Waals surface area contributed by atoms with Crippen LogP contribution in [0.1, 0.15) is 31.2 Å². The summed E-state index contributed by atoms with van der Waals surface area (Å²) in [4.78, 5) is 8.63. The predicted octanol–water partition coefficient (Wildman–Crippen LogP) is 3.81. The van der Waals surface area contributed by atoms with Crippen molar-refractivity contribution in [1.29, 1.82) is 0 Å². The molecule has 1 saturated carbocycles. The van der Waals surface area contributed by atoms with Gasteiger partial charge in [0.15, 0.2) is 0 Å². The third-order valence-corrected chi connectivity index (χ3v) is 5.40. The Hall–Kier alpha value is -1.91. The number of nitrogens with zero attached hydrogens (tertiary/aromatic N) is 3. The lowest BCUT2D eigenvalue weighted by Crippen LogP contribution is -2.39. The number of hydrogen-bond donors (Lipinski definition) is 1. The number of pyridine rings is 1. The molecule has 0 saturated heterocycles. The average Bonchev–Trinajstić information content (AvgIpc) is 2.67. The van der Waals surface area contributed by atoms with E-state index in [0.29, 0.717) is 6.04 Å². The Kier molecular flexibility index (Phi) is 6.05. The molecule has 1 aliphatic carbocycles. The summed E-state index contributed by atoms with van der Waals surface area (Å²) in [6.45, 7) is 0.955. The molecule has 1 aromatic carbocycles. The van der Waals surface area contributed by atoms with Gasteiger partial charge in [0, 0.05) is 49.4 Å². The van der Waals surface area contributed by atoms with Crippen LogP contribution in [0.4, 0.5) is 11.4 Å². The van der Waals surface area contributed by atoms with Crippen molar-refractivity contribution in [3.63, 3.8) is 0 Å². The first-order valence-corrected chi connectivity index (χ1v) is 9.26. The summed E-state index contributed by atoms with van der Waals surface area (Å²) in [5.74, 6) is 0. The predicted molar refractivity (Wildman–Crippen MR) is 105 cm³/mol. The van der Waals surface area contributed by atoms with E-state index >= 15 is 0 Å². The fraction of sp³-hybridized carbons (Fsp3) is 0.476. The van der Waals surface area contributed by atoms with E-state index in [0.717, 1.165) is 18.3 Å². The molecule has 2 aromatic rings. The average molecular weight is 338 g/mol. The van der Waals surface area contributed by atoms with Crippen molar-refractivity contribution in [2.24, 2.45) is 0 Å². The normalized spacial score (nSPS) is 20.6. The van der Waals surface area contributed by atoms with Crippen LogP contribution in [-0.2, 0) is 6.54 Å². The largest absolute Gasteiger partial charge is 0.345 e. The van der Waals surface area contributed by atoms with E-state index in [1.807, 2.05) is 24.5 Å². The summed E-state index contributed by atoms with van der Waals surface area (Å²) in [6, 6.07) is 14.3. The number of nitrogens with one attached hydrogen (secondary N) is 1.